The Labute approximate surface area is 146 Å². The van der Waals surface area contributed by atoms with Gasteiger partial charge in [-0.25, -0.2) is 9.97 Å². The maximum Gasteiger partial charge on any atom is 0.130 e. The van der Waals surface area contributed by atoms with Crippen molar-refractivity contribution in [3.8, 4) is 11.3 Å². The van der Waals surface area contributed by atoms with Gasteiger partial charge in [0.15, 0.2) is 0 Å². The molecule has 4 nitrogen and oxygen atoms in total. The molecule has 0 amide bonds. The third kappa shape index (κ3) is 3.91. The van der Waals surface area contributed by atoms with E-state index in [2.05, 4.69) is 15.3 Å². The molecule has 3 N–H and O–H groups in total. The lowest BCUT2D eigenvalue weighted by molar-refractivity contribution is 0.761. The minimum absolute atomic E-state index is 0.0987. The minimum atomic E-state index is -0.0987. The van der Waals surface area contributed by atoms with E-state index in [4.69, 9.17) is 17.3 Å². The molecular formula is C19H19ClN4. The highest BCUT2D eigenvalue weighted by Crippen LogP contribution is 2.25. The minimum Gasteiger partial charge on any atom is -0.368 e. The van der Waals surface area contributed by atoms with Crippen molar-refractivity contribution in [2.24, 2.45) is 5.73 Å². The number of benzene rings is 2. The van der Waals surface area contributed by atoms with Crippen LogP contribution in [0.3, 0.4) is 0 Å². The van der Waals surface area contributed by atoms with Gasteiger partial charge in [0.25, 0.3) is 0 Å². The first-order chi connectivity index (χ1) is 11.6. The fourth-order valence-corrected chi connectivity index (χ4v) is 2.58. The van der Waals surface area contributed by atoms with Crippen LogP contribution in [0.2, 0.25) is 5.02 Å². The molecular weight excluding hydrogens is 320 g/mol. The van der Waals surface area contributed by atoms with Crippen molar-refractivity contribution in [1.29, 1.82) is 0 Å². The number of aromatic nitrogens is 2. The van der Waals surface area contributed by atoms with Crippen LogP contribution in [0.1, 0.15) is 17.2 Å². The van der Waals surface area contributed by atoms with Crippen LogP contribution >= 0.6 is 11.6 Å². The van der Waals surface area contributed by atoms with Crippen molar-refractivity contribution < 1.29 is 0 Å². The highest BCUT2D eigenvalue weighted by atomic mass is 35.5. The normalized spacial score (nSPS) is 12.0. The number of nitrogens with two attached hydrogens (primary N) is 1. The van der Waals surface area contributed by atoms with E-state index in [1.54, 1.807) is 6.33 Å². The number of nitrogens with zero attached hydrogens (tertiary/aromatic N) is 2. The molecule has 1 atom stereocenters. The zero-order valence-electron chi connectivity index (χ0n) is 13.4. The summed E-state index contributed by atoms with van der Waals surface area (Å²) >= 11 is 6.20. The Morgan fingerprint density at radius 1 is 1.08 bits per heavy atom. The number of anilines is 1. The van der Waals surface area contributed by atoms with E-state index < -0.39 is 0 Å². The molecule has 0 saturated carbocycles. The highest BCUT2D eigenvalue weighted by molar-refractivity contribution is 6.31. The number of rotatable bonds is 5. The Morgan fingerprint density at radius 3 is 2.62 bits per heavy atom. The Balaban J connectivity index is 1.72. The molecule has 24 heavy (non-hydrogen) atoms. The smallest absolute Gasteiger partial charge is 0.130 e. The summed E-state index contributed by atoms with van der Waals surface area (Å²) in [5.74, 6) is 0.739. The van der Waals surface area contributed by atoms with Gasteiger partial charge in [-0.15, -0.1) is 0 Å². The Bertz CT molecular complexity index is 821. The molecule has 1 aromatic heterocycles. The predicted molar refractivity (Wildman–Crippen MR) is 99.1 cm³/mol. The Kier molecular flexibility index (Phi) is 5.08. The maximum atomic E-state index is 6.21. The summed E-state index contributed by atoms with van der Waals surface area (Å²) in [6.45, 7) is 2.57. The molecule has 122 valence electrons. The summed E-state index contributed by atoms with van der Waals surface area (Å²) in [5, 5.41) is 4.00. The van der Waals surface area contributed by atoms with Crippen LogP contribution in [0.15, 0.2) is 60.9 Å². The molecule has 2 aromatic carbocycles. The second-order valence-electron chi connectivity index (χ2n) is 5.65. The van der Waals surface area contributed by atoms with E-state index in [1.165, 1.54) is 0 Å². The second kappa shape index (κ2) is 7.43. The third-order valence-electron chi connectivity index (χ3n) is 3.87. The summed E-state index contributed by atoms with van der Waals surface area (Å²) in [5.41, 5.74) is 10.1. The summed E-state index contributed by atoms with van der Waals surface area (Å²) in [6.07, 6.45) is 1.54. The van der Waals surface area contributed by atoms with Gasteiger partial charge in [-0.05, 0) is 24.1 Å². The zero-order chi connectivity index (χ0) is 16.9. The van der Waals surface area contributed by atoms with E-state index in [9.17, 15) is 0 Å². The molecule has 1 heterocycles. The van der Waals surface area contributed by atoms with E-state index in [-0.39, 0.29) is 6.04 Å². The molecule has 0 bridgehead atoms. The van der Waals surface area contributed by atoms with Crippen molar-refractivity contribution in [2.45, 2.75) is 13.0 Å². The first kappa shape index (κ1) is 16.4. The lowest BCUT2D eigenvalue weighted by Crippen LogP contribution is -2.20. The highest BCUT2D eigenvalue weighted by Gasteiger charge is 2.07. The van der Waals surface area contributed by atoms with Crippen LogP contribution in [-0.4, -0.2) is 16.5 Å². The number of hydrogen-bond donors (Lipinski definition) is 2. The van der Waals surface area contributed by atoms with Crippen LogP contribution in [0.5, 0.6) is 0 Å². The molecule has 0 fully saturated rings. The maximum absolute atomic E-state index is 6.21. The first-order valence-corrected chi connectivity index (χ1v) is 8.14. The SMILES string of the molecule is Cc1ccc(-c2cc(NC[C@H](N)c3ccccc3)ncn2)cc1Cl. The zero-order valence-corrected chi connectivity index (χ0v) is 14.2. The average Bonchev–Trinajstić information content (AvgIpc) is 2.63. The molecule has 0 aliphatic heterocycles. The van der Waals surface area contributed by atoms with Gasteiger partial charge in [0.05, 0.1) is 5.69 Å². The van der Waals surface area contributed by atoms with Crippen molar-refractivity contribution >= 4 is 17.4 Å². The molecule has 3 rings (SSSR count). The molecule has 5 heteroatoms. The van der Waals surface area contributed by atoms with Crippen LogP contribution < -0.4 is 11.1 Å². The van der Waals surface area contributed by atoms with Gasteiger partial charge >= 0.3 is 0 Å². The Morgan fingerprint density at radius 2 is 1.88 bits per heavy atom. The summed E-state index contributed by atoms with van der Waals surface area (Å²) in [4.78, 5) is 8.58. The quantitative estimate of drug-likeness (QED) is 0.731. The van der Waals surface area contributed by atoms with Gasteiger partial charge in [0, 0.05) is 29.2 Å². The third-order valence-corrected chi connectivity index (χ3v) is 4.27. The van der Waals surface area contributed by atoms with Gasteiger partial charge in [0.1, 0.15) is 12.1 Å². The van der Waals surface area contributed by atoms with Gasteiger partial charge in [-0.1, -0.05) is 54.1 Å². The van der Waals surface area contributed by atoms with E-state index in [0.717, 1.165) is 33.2 Å². The van der Waals surface area contributed by atoms with E-state index in [1.807, 2.05) is 61.5 Å². The largest absolute Gasteiger partial charge is 0.368 e. The molecule has 0 radical (unpaired) electrons. The van der Waals surface area contributed by atoms with Crippen molar-refractivity contribution in [1.82, 2.24) is 9.97 Å². The van der Waals surface area contributed by atoms with Crippen LogP contribution in [0.25, 0.3) is 11.3 Å². The van der Waals surface area contributed by atoms with Crippen LogP contribution in [0, 0.1) is 6.92 Å². The monoisotopic (exact) mass is 338 g/mol. The van der Waals surface area contributed by atoms with Crippen LogP contribution in [0.4, 0.5) is 5.82 Å². The molecule has 3 aromatic rings. The number of nitrogens with one attached hydrogen (secondary N) is 1. The van der Waals surface area contributed by atoms with Crippen molar-refractivity contribution in [3.63, 3.8) is 0 Å². The fourth-order valence-electron chi connectivity index (χ4n) is 2.40. The summed E-state index contributed by atoms with van der Waals surface area (Å²) in [7, 11) is 0. The predicted octanol–water partition coefficient (Wildman–Crippen LogP) is 4.22. The molecule has 0 spiro atoms. The lowest BCUT2D eigenvalue weighted by atomic mass is 10.1. The standard InChI is InChI=1S/C19H19ClN4/c1-13-7-8-15(9-16(13)20)18-10-19(24-12-23-18)22-11-17(21)14-5-3-2-4-6-14/h2-10,12,17H,11,21H2,1H3,(H,22,23,24)/t17-/m0/s1. The lowest BCUT2D eigenvalue weighted by Gasteiger charge is -2.14. The first-order valence-electron chi connectivity index (χ1n) is 7.76. The van der Waals surface area contributed by atoms with Crippen molar-refractivity contribution in [3.05, 3.63) is 77.1 Å². The molecule has 0 unspecified atom stereocenters. The Hall–Kier alpha value is -2.43. The molecule has 0 saturated heterocycles. The van der Waals surface area contributed by atoms with Crippen LogP contribution in [-0.2, 0) is 0 Å². The van der Waals surface area contributed by atoms with E-state index >= 15 is 0 Å². The van der Waals surface area contributed by atoms with Gasteiger partial charge in [0.2, 0.25) is 0 Å². The topological polar surface area (TPSA) is 63.8 Å². The van der Waals surface area contributed by atoms with Gasteiger partial charge in [-0.3, -0.25) is 0 Å². The summed E-state index contributed by atoms with van der Waals surface area (Å²) in [6, 6.07) is 17.7. The number of aryl methyl sites for hydroxylation is 1. The van der Waals surface area contributed by atoms with Gasteiger partial charge < -0.3 is 11.1 Å². The average molecular weight is 339 g/mol. The summed E-state index contributed by atoms with van der Waals surface area (Å²) < 4.78 is 0. The number of hydrogen-bond acceptors (Lipinski definition) is 4. The molecule has 0 aliphatic rings. The van der Waals surface area contributed by atoms with Crippen molar-refractivity contribution in [2.75, 3.05) is 11.9 Å². The molecule has 0 aliphatic carbocycles. The van der Waals surface area contributed by atoms with Gasteiger partial charge in [-0.2, -0.15) is 0 Å². The second-order valence-corrected chi connectivity index (χ2v) is 6.06. The number of halogens is 1. The fraction of sp³-hybridized carbons (Fsp3) is 0.158. The van der Waals surface area contributed by atoms with E-state index in [0.29, 0.717) is 6.54 Å².